The summed E-state index contributed by atoms with van der Waals surface area (Å²) < 4.78 is 0. The van der Waals surface area contributed by atoms with E-state index in [1.807, 2.05) is 0 Å². The zero-order chi connectivity index (χ0) is 12.4. The molecule has 0 amide bonds. The van der Waals surface area contributed by atoms with Crippen molar-refractivity contribution in [2.45, 2.75) is 58.8 Å². The molecule has 96 valence electrons. The van der Waals surface area contributed by atoms with E-state index in [0.717, 1.165) is 18.8 Å². The molecule has 0 saturated carbocycles. The van der Waals surface area contributed by atoms with Gasteiger partial charge in [0.25, 0.3) is 0 Å². The van der Waals surface area contributed by atoms with Crippen LogP contribution in [0.4, 0.5) is 5.82 Å². The zero-order valence-corrected chi connectivity index (χ0v) is 11.5. The number of hydrogen-bond acceptors (Lipinski definition) is 2. The molecule has 1 aliphatic carbocycles. The van der Waals surface area contributed by atoms with E-state index in [0.29, 0.717) is 17.8 Å². The Morgan fingerprint density at radius 2 is 2.18 bits per heavy atom. The Bertz CT molecular complexity index is 368. The summed E-state index contributed by atoms with van der Waals surface area (Å²) in [6.07, 6.45) is 3.72. The first-order chi connectivity index (χ1) is 8.15. The number of rotatable bonds is 4. The van der Waals surface area contributed by atoms with Crippen LogP contribution in [0.15, 0.2) is 0 Å². The van der Waals surface area contributed by atoms with Gasteiger partial charge in [0.05, 0.1) is 0 Å². The van der Waals surface area contributed by atoms with Crippen LogP contribution in [0.1, 0.15) is 70.1 Å². The first-order valence-electron chi connectivity index (χ1n) is 6.97. The molecule has 2 N–H and O–H groups in total. The van der Waals surface area contributed by atoms with Crippen molar-refractivity contribution in [3.05, 3.63) is 11.3 Å². The van der Waals surface area contributed by atoms with Crippen molar-refractivity contribution in [3.8, 4) is 0 Å². The highest BCUT2D eigenvalue weighted by atomic mass is 15.2. The Labute approximate surface area is 104 Å². The second kappa shape index (κ2) is 5.11. The van der Waals surface area contributed by atoms with Crippen LogP contribution in [-0.2, 0) is 0 Å². The Kier molecular flexibility index (Phi) is 3.75. The van der Waals surface area contributed by atoms with Gasteiger partial charge in [-0.15, -0.1) is 0 Å². The van der Waals surface area contributed by atoms with Crippen LogP contribution in [0.5, 0.6) is 0 Å². The van der Waals surface area contributed by atoms with Gasteiger partial charge in [-0.1, -0.05) is 27.7 Å². The SMILES string of the molecule is CCCNc1n[nH]c2c1C(C)CCC2C(C)C. The standard InChI is InChI=1S/C14H25N3/c1-5-8-15-14-12-10(4)6-7-11(9(2)3)13(12)16-17-14/h9-11H,5-8H2,1-4H3,(H2,15,16,17). The van der Waals surface area contributed by atoms with Gasteiger partial charge >= 0.3 is 0 Å². The average molecular weight is 235 g/mol. The minimum Gasteiger partial charge on any atom is -0.368 e. The lowest BCUT2D eigenvalue weighted by atomic mass is 9.76. The molecule has 1 aromatic rings. The molecular weight excluding hydrogens is 210 g/mol. The third-order valence-corrected chi connectivity index (χ3v) is 3.95. The third kappa shape index (κ3) is 2.33. The van der Waals surface area contributed by atoms with Gasteiger partial charge in [-0.2, -0.15) is 5.10 Å². The number of hydrogen-bond donors (Lipinski definition) is 2. The lowest BCUT2D eigenvalue weighted by Gasteiger charge is -2.29. The highest BCUT2D eigenvalue weighted by Crippen LogP contribution is 2.43. The Morgan fingerprint density at radius 3 is 2.82 bits per heavy atom. The molecular formula is C14H25N3. The summed E-state index contributed by atoms with van der Waals surface area (Å²) in [5.74, 6) is 3.09. The maximum Gasteiger partial charge on any atom is 0.151 e. The van der Waals surface area contributed by atoms with Gasteiger partial charge in [0, 0.05) is 23.7 Å². The number of H-pyrrole nitrogens is 1. The van der Waals surface area contributed by atoms with Crippen LogP contribution in [0.3, 0.4) is 0 Å². The molecule has 0 bridgehead atoms. The van der Waals surface area contributed by atoms with Crippen molar-refractivity contribution in [1.29, 1.82) is 0 Å². The largest absolute Gasteiger partial charge is 0.368 e. The van der Waals surface area contributed by atoms with Crippen LogP contribution >= 0.6 is 0 Å². The number of nitrogens with zero attached hydrogens (tertiary/aromatic N) is 1. The van der Waals surface area contributed by atoms with Crippen molar-refractivity contribution < 1.29 is 0 Å². The summed E-state index contributed by atoms with van der Waals surface area (Å²) in [4.78, 5) is 0. The molecule has 3 nitrogen and oxygen atoms in total. The van der Waals surface area contributed by atoms with E-state index in [-0.39, 0.29) is 0 Å². The lowest BCUT2D eigenvalue weighted by Crippen LogP contribution is -2.17. The van der Waals surface area contributed by atoms with Crippen LogP contribution < -0.4 is 5.32 Å². The van der Waals surface area contributed by atoms with Gasteiger partial charge in [-0.25, -0.2) is 0 Å². The van der Waals surface area contributed by atoms with Crippen LogP contribution in [0, 0.1) is 5.92 Å². The second-order valence-corrected chi connectivity index (χ2v) is 5.66. The molecule has 0 radical (unpaired) electrons. The minimum atomic E-state index is 0.637. The van der Waals surface area contributed by atoms with Gasteiger partial charge in [0.1, 0.15) is 0 Å². The van der Waals surface area contributed by atoms with Gasteiger partial charge < -0.3 is 5.32 Å². The average Bonchev–Trinajstić information content (AvgIpc) is 2.71. The topological polar surface area (TPSA) is 40.7 Å². The fourth-order valence-corrected chi connectivity index (χ4v) is 2.91. The monoisotopic (exact) mass is 235 g/mol. The number of aromatic amines is 1. The molecule has 2 unspecified atom stereocenters. The summed E-state index contributed by atoms with van der Waals surface area (Å²) in [5.41, 5.74) is 2.83. The van der Waals surface area contributed by atoms with E-state index in [1.54, 1.807) is 0 Å². The molecule has 3 heteroatoms. The van der Waals surface area contributed by atoms with E-state index < -0.39 is 0 Å². The molecule has 0 aliphatic heterocycles. The van der Waals surface area contributed by atoms with Gasteiger partial charge in [-0.3, -0.25) is 5.10 Å². The van der Waals surface area contributed by atoms with Crippen LogP contribution in [-0.4, -0.2) is 16.7 Å². The molecule has 2 rings (SSSR count). The van der Waals surface area contributed by atoms with Gasteiger partial charge in [-0.05, 0) is 31.1 Å². The van der Waals surface area contributed by atoms with Crippen LogP contribution in [0.2, 0.25) is 0 Å². The highest BCUT2D eigenvalue weighted by molar-refractivity contribution is 5.50. The Morgan fingerprint density at radius 1 is 1.41 bits per heavy atom. The number of fused-ring (bicyclic) bond motifs is 1. The number of anilines is 1. The summed E-state index contributed by atoms with van der Waals surface area (Å²) in [7, 11) is 0. The molecule has 1 aromatic heterocycles. The van der Waals surface area contributed by atoms with E-state index in [9.17, 15) is 0 Å². The lowest BCUT2D eigenvalue weighted by molar-refractivity contribution is 0.403. The van der Waals surface area contributed by atoms with Gasteiger partial charge in [0.15, 0.2) is 5.82 Å². The number of nitrogens with one attached hydrogen (secondary N) is 2. The molecule has 0 aromatic carbocycles. The first kappa shape index (κ1) is 12.5. The van der Waals surface area contributed by atoms with E-state index in [4.69, 9.17) is 0 Å². The van der Waals surface area contributed by atoms with Crippen molar-refractivity contribution in [2.24, 2.45) is 5.92 Å². The normalized spacial score (nSPS) is 23.8. The summed E-state index contributed by atoms with van der Waals surface area (Å²) in [6, 6.07) is 0. The van der Waals surface area contributed by atoms with Crippen LogP contribution in [0.25, 0.3) is 0 Å². The predicted octanol–water partition coefficient (Wildman–Crippen LogP) is 3.87. The minimum absolute atomic E-state index is 0.637. The molecule has 0 spiro atoms. The summed E-state index contributed by atoms with van der Waals surface area (Å²) in [6.45, 7) is 10.1. The summed E-state index contributed by atoms with van der Waals surface area (Å²) in [5, 5.41) is 11.2. The van der Waals surface area contributed by atoms with E-state index in [1.165, 1.54) is 24.1 Å². The second-order valence-electron chi connectivity index (χ2n) is 5.66. The first-order valence-corrected chi connectivity index (χ1v) is 6.97. The Balaban J connectivity index is 2.29. The highest BCUT2D eigenvalue weighted by Gasteiger charge is 2.31. The maximum absolute atomic E-state index is 4.48. The van der Waals surface area contributed by atoms with Crippen molar-refractivity contribution >= 4 is 5.82 Å². The fourth-order valence-electron chi connectivity index (χ4n) is 2.91. The van der Waals surface area contributed by atoms with Gasteiger partial charge in [0.2, 0.25) is 0 Å². The third-order valence-electron chi connectivity index (χ3n) is 3.95. The molecule has 17 heavy (non-hydrogen) atoms. The quantitative estimate of drug-likeness (QED) is 0.831. The molecule has 2 atom stereocenters. The molecule has 1 aliphatic rings. The van der Waals surface area contributed by atoms with Crippen molar-refractivity contribution in [3.63, 3.8) is 0 Å². The smallest absolute Gasteiger partial charge is 0.151 e. The van der Waals surface area contributed by atoms with E-state index >= 15 is 0 Å². The Hall–Kier alpha value is -0.990. The number of aromatic nitrogens is 2. The molecule has 0 fully saturated rings. The van der Waals surface area contributed by atoms with Crippen molar-refractivity contribution in [2.75, 3.05) is 11.9 Å². The maximum atomic E-state index is 4.48. The predicted molar refractivity (Wildman–Crippen MR) is 72.6 cm³/mol. The van der Waals surface area contributed by atoms with E-state index in [2.05, 4.69) is 43.2 Å². The summed E-state index contributed by atoms with van der Waals surface area (Å²) >= 11 is 0. The molecule has 1 heterocycles. The van der Waals surface area contributed by atoms with Crippen molar-refractivity contribution in [1.82, 2.24) is 10.2 Å². The fraction of sp³-hybridized carbons (Fsp3) is 0.786. The molecule has 0 saturated heterocycles. The zero-order valence-electron chi connectivity index (χ0n) is 11.5.